The van der Waals surface area contributed by atoms with Crippen LogP contribution < -0.4 is 5.32 Å². The van der Waals surface area contributed by atoms with Crippen molar-refractivity contribution < 1.29 is 5.11 Å². The molecular formula is C15H14N4O. The Kier molecular flexibility index (Phi) is 4.36. The largest absolute Gasteiger partial charge is 0.506 e. The van der Waals surface area contributed by atoms with E-state index in [1.165, 1.54) is 6.07 Å². The quantitative estimate of drug-likeness (QED) is 0.632. The number of nitrogens with one attached hydrogen (secondary N) is 1. The van der Waals surface area contributed by atoms with Gasteiger partial charge in [0.15, 0.2) is 5.57 Å². The molecule has 5 heteroatoms. The second-order valence-corrected chi connectivity index (χ2v) is 5.19. The van der Waals surface area contributed by atoms with E-state index in [-0.39, 0.29) is 28.1 Å². The van der Waals surface area contributed by atoms with Crippen LogP contribution in [0.25, 0.3) is 0 Å². The van der Waals surface area contributed by atoms with Gasteiger partial charge in [0.2, 0.25) is 0 Å². The summed E-state index contributed by atoms with van der Waals surface area (Å²) in [6, 6.07) is 10.0. The van der Waals surface area contributed by atoms with Crippen LogP contribution in [0.5, 0.6) is 5.75 Å². The van der Waals surface area contributed by atoms with Crippen LogP contribution in [0.15, 0.2) is 29.5 Å². The third-order valence-corrected chi connectivity index (χ3v) is 2.71. The Bertz CT molecular complexity index is 660. The molecule has 1 rings (SSSR count). The first-order valence-electron chi connectivity index (χ1n) is 5.88. The maximum Gasteiger partial charge on any atom is 0.163 e. The maximum atomic E-state index is 9.81. The zero-order valence-electron chi connectivity index (χ0n) is 11.5. The lowest BCUT2D eigenvalue weighted by atomic mass is 9.87. The zero-order valence-corrected chi connectivity index (χ0v) is 11.5. The molecule has 0 radical (unpaired) electrons. The fraction of sp³-hybridized carbons (Fsp3) is 0.267. The first-order chi connectivity index (χ1) is 9.33. The van der Waals surface area contributed by atoms with Crippen molar-refractivity contribution in [3.63, 3.8) is 0 Å². The van der Waals surface area contributed by atoms with Gasteiger partial charge in [-0.2, -0.15) is 15.8 Å². The number of phenols is 1. The highest BCUT2D eigenvalue weighted by Crippen LogP contribution is 2.31. The number of aromatic hydroxyl groups is 1. The third kappa shape index (κ3) is 3.28. The molecule has 0 saturated heterocycles. The molecule has 0 bridgehead atoms. The number of allylic oxidation sites excluding steroid dienone is 2. The smallest absolute Gasteiger partial charge is 0.163 e. The van der Waals surface area contributed by atoms with E-state index in [0.717, 1.165) is 5.56 Å². The van der Waals surface area contributed by atoms with E-state index in [9.17, 15) is 5.11 Å². The van der Waals surface area contributed by atoms with E-state index in [4.69, 9.17) is 15.8 Å². The number of anilines is 1. The van der Waals surface area contributed by atoms with Gasteiger partial charge in [0.05, 0.1) is 5.69 Å². The molecule has 1 aromatic rings. The summed E-state index contributed by atoms with van der Waals surface area (Å²) in [7, 11) is 0. The summed E-state index contributed by atoms with van der Waals surface area (Å²) in [5.74, 6) is -0.0546. The predicted octanol–water partition coefficient (Wildman–Crippen LogP) is 2.93. The molecule has 1 aromatic carbocycles. The lowest BCUT2D eigenvalue weighted by Crippen LogP contribution is -2.11. The van der Waals surface area contributed by atoms with E-state index in [2.05, 4.69) is 5.32 Å². The average molecular weight is 266 g/mol. The lowest BCUT2D eigenvalue weighted by Gasteiger charge is -2.20. The second kappa shape index (κ2) is 5.78. The van der Waals surface area contributed by atoms with Crippen molar-refractivity contribution >= 4 is 5.69 Å². The van der Waals surface area contributed by atoms with Crippen LogP contribution in [0.2, 0.25) is 0 Å². The third-order valence-electron chi connectivity index (χ3n) is 2.71. The fourth-order valence-corrected chi connectivity index (χ4v) is 1.52. The van der Waals surface area contributed by atoms with Gasteiger partial charge in [0, 0.05) is 0 Å². The molecule has 0 atom stereocenters. The van der Waals surface area contributed by atoms with E-state index in [0.29, 0.717) is 0 Å². The highest BCUT2D eigenvalue weighted by Gasteiger charge is 2.16. The van der Waals surface area contributed by atoms with Crippen LogP contribution >= 0.6 is 0 Å². The number of rotatable bonds is 2. The Labute approximate surface area is 118 Å². The predicted molar refractivity (Wildman–Crippen MR) is 74.3 cm³/mol. The summed E-state index contributed by atoms with van der Waals surface area (Å²) in [5.41, 5.74) is 0.598. The minimum absolute atomic E-state index is 0.0546. The Morgan fingerprint density at radius 3 is 2.15 bits per heavy atom. The van der Waals surface area contributed by atoms with Crippen molar-refractivity contribution in [1.29, 1.82) is 15.8 Å². The molecule has 0 aromatic heterocycles. The molecule has 0 saturated carbocycles. The first-order valence-corrected chi connectivity index (χ1v) is 5.88. The van der Waals surface area contributed by atoms with Crippen LogP contribution in [0.3, 0.4) is 0 Å². The van der Waals surface area contributed by atoms with Gasteiger partial charge < -0.3 is 10.4 Å². The molecule has 100 valence electrons. The molecule has 0 spiro atoms. The number of benzene rings is 1. The van der Waals surface area contributed by atoms with Gasteiger partial charge in [0.25, 0.3) is 0 Å². The van der Waals surface area contributed by atoms with Crippen LogP contribution in [-0.2, 0) is 5.41 Å². The Morgan fingerprint density at radius 2 is 1.70 bits per heavy atom. The standard InChI is InChI=1S/C15H14N4O/c1-15(2,3)11-4-5-14(20)12(6-11)19-13(9-18)10(7-16)8-17/h4-6,19-20H,1-3H3. The number of hydrogen-bond donors (Lipinski definition) is 2. The molecule has 0 heterocycles. The summed E-state index contributed by atoms with van der Waals surface area (Å²) >= 11 is 0. The number of phenolic OH excluding ortho intramolecular Hbond substituents is 1. The Morgan fingerprint density at radius 1 is 1.10 bits per heavy atom. The van der Waals surface area contributed by atoms with E-state index in [1.807, 2.05) is 20.8 Å². The fourth-order valence-electron chi connectivity index (χ4n) is 1.52. The van der Waals surface area contributed by atoms with Crippen molar-refractivity contribution in [2.45, 2.75) is 26.2 Å². The number of nitrogens with zero attached hydrogens (tertiary/aromatic N) is 3. The number of hydrogen-bond acceptors (Lipinski definition) is 5. The molecule has 0 aliphatic rings. The van der Waals surface area contributed by atoms with Gasteiger partial charge in [0.1, 0.15) is 29.7 Å². The molecular weight excluding hydrogens is 252 g/mol. The van der Waals surface area contributed by atoms with Gasteiger partial charge in [-0.3, -0.25) is 0 Å². The molecule has 0 unspecified atom stereocenters. The molecule has 5 nitrogen and oxygen atoms in total. The van der Waals surface area contributed by atoms with Crippen molar-refractivity contribution in [3.8, 4) is 24.0 Å². The monoisotopic (exact) mass is 266 g/mol. The summed E-state index contributed by atoms with van der Waals surface area (Å²) in [6.07, 6.45) is 0. The van der Waals surface area contributed by atoms with Gasteiger partial charge in [-0.25, -0.2) is 0 Å². The Hall–Kier alpha value is -2.97. The Balaban J connectivity index is 3.30. The maximum absolute atomic E-state index is 9.81. The first kappa shape index (κ1) is 15.1. The van der Waals surface area contributed by atoms with Crippen molar-refractivity contribution in [2.75, 3.05) is 5.32 Å². The van der Waals surface area contributed by atoms with Crippen LogP contribution in [0.1, 0.15) is 26.3 Å². The topological polar surface area (TPSA) is 104 Å². The van der Waals surface area contributed by atoms with Crippen molar-refractivity contribution in [1.82, 2.24) is 0 Å². The summed E-state index contributed by atoms with van der Waals surface area (Å²) in [5, 5.41) is 39.0. The normalized spacial score (nSPS) is 9.80. The van der Waals surface area contributed by atoms with E-state index < -0.39 is 0 Å². The minimum Gasteiger partial charge on any atom is -0.506 e. The molecule has 0 amide bonds. The van der Waals surface area contributed by atoms with Gasteiger partial charge in [-0.1, -0.05) is 26.8 Å². The SMILES string of the molecule is CC(C)(C)c1ccc(O)c(NC(C#N)=C(C#N)C#N)c1. The van der Waals surface area contributed by atoms with Gasteiger partial charge in [-0.15, -0.1) is 0 Å². The van der Waals surface area contributed by atoms with Gasteiger partial charge >= 0.3 is 0 Å². The van der Waals surface area contributed by atoms with Gasteiger partial charge in [-0.05, 0) is 23.1 Å². The highest BCUT2D eigenvalue weighted by atomic mass is 16.3. The summed E-state index contributed by atoms with van der Waals surface area (Å²) in [4.78, 5) is 0. The van der Waals surface area contributed by atoms with Crippen LogP contribution in [0, 0.1) is 34.0 Å². The lowest BCUT2D eigenvalue weighted by molar-refractivity contribution is 0.476. The van der Waals surface area contributed by atoms with Crippen molar-refractivity contribution in [2.24, 2.45) is 0 Å². The zero-order chi connectivity index (χ0) is 15.3. The molecule has 0 aliphatic heterocycles. The van der Waals surface area contributed by atoms with E-state index in [1.54, 1.807) is 30.3 Å². The molecule has 20 heavy (non-hydrogen) atoms. The minimum atomic E-state index is -0.326. The van der Waals surface area contributed by atoms with Crippen molar-refractivity contribution in [3.05, 3.63) is 35.0 Å². The van der Waals surface area contributed by atoms with E-state index >= 15 is 0 Å². The van der Waals surface area contributed by atoms with Crippen LogP contribution in [0.4, 0.5) is 5.69 Å². The number of nitriles is 3. The highest BCUT2D eigenvalue weighted by molar-refractivity contribution is 5.65. The van der Waals surface area contributed by atoms with Crippen LogP contribution in [-0.4, -0.2) is 5.11 Å². The average Bonchev–Trinajstić information content (AvgIpc) is 2.39. The molecule has 0 fully saturated rings. The second-order valence-electron chi connectivity index (χ2n) is 5.19. The summed E-state index contributed by atoms with van der Waals surface area (Å²) < 4.78 is 0. The molecule has 0 aliphatic carbocycles. The molecule has 2 N–H and O–H groups in total. The summed E-state index contributed by atoms with van der Waals surface area (Å²) in [6.45, 7) is 6.04.